The van der Waals surface area contributed by atoms with Crippen molar-refractivity contribution < 1.29 is 14.3 Å². The molecule has 1 heterocycles. The maximum atomic E-state index is 11.9. The Bertz CT molecular complexity index is 478. The van der Waals surface area contributed by atoms with E-state index in [0.29, 0.717) is 21.0 Å². The number of hydrogen-bond acceptors (Lipinski definition) is 5. The first-order valence-corrected chi connectivity index (χ1v) is 6.38. The summed E-state index contributed by atoms with van der Waals surface area (Å²) in [5, 5.41) is 0.323. The topological polar surface area (TPSA) is 72.6 Å². The Morgan fingerprint density at radius 1 is 1.33 bits per heavy atom. The average Bonchev–Trinajstić information content (AvgIpc) is 2.51. The van der Waals surface area contributed by atoms with Crippen LogP contribution in [0.5, 0.6) is 0 Å². The summed E-state index contributed by atoms with van der Waals surface area (Å²) in [6.07, 6.45) is -0.218. The summed E-state index contributed by atoms with van der Waals surface area (Å²) in [6.45, 7) is 5.24. The van der Waals surface area contributed by atoms with Crippen LogP contribution < -0.4 is 5.73 Å². The molecule has 0 atom stereocenters. The molecule has 0 fully saturated rings. The van der Waals surface area contributed by atoms with Crippen LogP contribution in [0.4, 0.5) is 5.00 Å². The summed E-state index contributed by atoms with van der Waals surface area (Å²) in [5.74, 6) is -0.637. The summed E-state index contributed by atoms with van der Waals surface area (Å²) >= 11 is 1.12. The Morgan fingerprint density at radius 3 is 2.33 bits per heavy atom. The van der Waals surface area contributed by atoms with Crippen molar-refractivity contribution in [1.29, 1.82) is 0 Å². The lowest BCUT2D eigenvalue weighted by Crippen LogP contribution is -2.21. The van der Waals surface area contributed by atoms with Gasteiger partial charge in [0.2, 0.25) is 0 Å². The molecule has 1 amide bonds. The van der Waals surface area contributed by atoms with Crippen molar-refractivity contribution in [2.75, 3.05) is 19.8 Å². The Morgan fingerprint density at radius 2 is 1.89 bits per heavy atom. The van der Waals surface area contributed by atoms with E-state index >= 15 is 0 Å². The average molecular weight is 270 g/mol. The lowest BCUT2D eigenvalue weighted by molar-refractivity contribution is 0.0379. The molecule has 1 aromatic rings. The van der Waals surface area contributed by atoms with Crippen LogP contribution in [0.3, 0.4) is 0 Å². The third kappa shape index (κ3) is 2.81. The van der Waals surface area contributed by atoms with Gasteiger partial charge in [-0.3, -0.25) is 4.79 Å². The molecule has 100 valence electrons. The molecule has 1 aromatic heterocycles. The number of rotatable bonds is 3. The van der Waals surface area contributed by atoms with Gasteiger partial charge < -0.3 is 15.4 Å². The van der Waals surface area contributed by atoms with Crippen molar-refractivity contribution >= 4 is 28.2 Å². The number of amides is 1. The van der Waals surface area contributed by atoms with Gasteiger partial charge in [0.1, 0.15) is 5.00 Å². The Hall–Kier alpha value is -1.56. The molecular formula is C12H18N2O3S. The van der Waals surface area contributed by atoms with Crippen LogP contribution in [0.15, 0.2) is 0 Å². The van der Waals surface area contributed by atoms with Gasteiger partial charge in [0.15, 0.2) is 0 Å². The second-order valence-corrected chi connectivity index (χ2v) is 5.50. The Balaban J connectivity index is 3.16. The van der Waals surface area contributed by atoms with E-state index in [1.807, 2.05) is 0 Å². The molecule has 0 saturated heterocycles. The standard InChI is InChI=1S/C12H18N2O3S/c1-6(2)17-12(16)8-7(3)9(18-10(8)13)11(15)14(4)5/h6H,13H2,1-5H3. The van der Waals surface area contributed by atoms with Crippen LogP contribution in [-0.2, 0) is 4.74 Å². The zero-order valence-electron chi connectivity index (χ0n) is 11.2. The van der Waals surface area contributed by atoms with E-state index in [0.717, 1.165) is 11.3 Å². The lowest BCUT2D eigenvalue weighted by Gasteiger charge is -2.10. The first-order chi connectivity index (χ1) is 8.25. The highest BCUT2D eigenvalue weighted by Gasteiger charge is 2.25. The van der Waals surface area contributed by atoms with Crippen molar-refractivity contribution in [2.24, 2.45) is 0 Å². The summed E-state index contributed by atoms with van der Waals surface area (Å²) < 4.78 is 5.11. The van der Waals surface area contributed by atoms with Gasteiger partial charge in [-0.15, -0.1) is 11.3 Å². The highest BCUT2D eigenvalue weighted by atomic mass is 32.1. The maximum absolute atomic E-state index is 11.9. The van der Waals surface area contributed by atoms with Gasteiger partial charge in [-0.2, -0.15) is 0 Å². The van der Waals surface area contributed by atoms with Gasteiger partial charge in [-0.1, -0.05) is 0 Å². The van der Waals surface area contributed by atoms with Crippen LogP contribution in [0, 0.1) is 6.92 Å². The molecule has 0 aliphatic carbocycles. The fraction of sp³-hybridized carbons (Fsp3) is 0.500. The van der Waals surface area contributed by atoms with Crippen molar-refractivity contribution in [3.8, 4) is 0 Å². The zero-order valence-corrected chi connectivity index (χ0v) is 12.1. The molecule has 0 aliphatic rings. The predicted octanol–water partition coefficient (Wildman–Crippen LogP) is 1.91. The number of nitrogen functional groups attached to an aromatic ring is 1. The van der Waals surface area contributed by atoms with Gasteiger partial charge in [0.05, 0.1) is 16.5 Å². The number of thiophene rings is 1. The lowest BCUT2D eigenvalue weighted by atomic mass is 10.1. The molecular weight excluding hydrogens is 252 g/mol. The van der Waals surface area contributed by atoms with Gasteiger partial charge in [0, 0.05) is 14.1 Å². The van der Waals surface area contributed by atoms with E-state index < -0.39 is 5.97 Å². The third-order valence-corrected chi connectivity index (χ3v) is 3.43. The maximum Gasteiger partial charge on any atom is 0.341 e. The summed E-state index contributed by atoms with van der Waals surface area (Å²) in [5.41, 5.74) is 6.69. The van der Waals surface area contributed by atoms with Crippen molar-refractivity contribution in [2.45, 2.75) is 26.9 Å². The highest BCUT2D eigenvalue weighted by Crippen LogP contribution is 2.31. The fourth-order valence-corrected chi connectivity index (χ4v) is 2.55. The monoisotopic (exact) mass is 270 g/mol. The Labute approximate surface area is 111 Å². The number of anilines is 1. The van der Waals surface area contributed by atoms with Crippen LogP contribution in [0.25, 0.3) is 0 Å². The number of carbonyl (C=O) groups excluding carboxylic acids is 2. The normalized spacial score (nSPS) is 10.6. The third-order valence-electron chi connectivity index (χ3n) is 2.32. The van der Waals surface area contributed by atoms with Crippen molar-refractivity contribution in [3.63, 3.8) is 0 Å². The molecule has 0 aliphatic heterocycles. The minimum atomic E-state index is -0.478. The van der Waals surface area contributed by atoms with Crippen LogP contribution >= 0.6 is 11.3 Å². The molecule has 0 saturated carbocycles. The number of esters is 1. The molecule has 18 heavy (non-hydrogen) atoms. The summed E-state index contributed by atoms with van der Waals surface area (Å²) in [6, 6.07) is 0. The van der Waals surface area contributed by atoms with E-state index in [2.05, 4.69) is 0 Å². The molecule has 6 heteroatoms. The van der Waals surface area contributed by atoms with Crippen LogP contribution in [-0.4, -0.2) is 37.0 Å². The fourth-order valence-electron chi connectivity index (χ4n) is 1.47. The molecule has 0 aromatic carbocycles. The molecule has 0 bridgehead atoms. The minimum Gasteiger partial charge on any atom is -0.459 e. The van der Waals surface area contributed by atoms with Crippen molar-refractivity contribution in [3.05, 3.63) is 16.0 Å². The second-order valence-electron chi connectivity index (χ2n) is 4.45. The number of nitrogens with two attached hydrogens (primary N) is 1. The van der Waals surface area contributed by atoms with Crippen molar-refractivity contribution in [1.82, 2.24) is 4.90 Å². The van der Waals surface area contributed by atoms with Crippen LogP contribution in [0.1, 0.15) is 39.4 Å². The van der Waals surface area contributed by atoms with E-state index in [-0.39, 0.29) is 12.0 Å². The quantitative estimate of drug-likeness (QED) is 0.851. The first kappa shape index (κ1) is 14.5. The molecule has 1 rings (SSSR count). The molecule has 2 N–H and O–H groups in total. The summed E-state index contributed by atoms with van der Waals surface area (Å²) in [7, 11) is 3.31. The van der Waals surface area contributed by atoms with Crippen LogP contribution in [0.2, 0.25) is 0 Å². The molecule has 0 unspecified atom stereocenters. The summed E-state index contributed by atoms with van der Waals surface area (Å²) in [4.78, 5) is 25.7. The molecule has 5 nitrogen and oxygen atoms in total. The molecule has 0 radical (unpaired) electrons. The van der Waals surface area contributed by atoms with Gasteiger partial charge in [-0.05, 0) is 26.3 Å². The van der Waals surface area contributed by atoms with E-state index in [1.165, 1.54) is 4.90 Å². The smallest absolute Gasteiger partial charge is 0.341 e. The number of carbonyl (C=O) groups is 2. The van der Waals surface area contributed by atoms with Gasteiger partial charge >= 0.3 is 5.97 Å². The van der Waals surface area contributed by atoms with Gasteiger partial charge in [0.25, 0.3) is 5.91 Å². The largest absolute Gasteiger partial charge is 0.459 e. The second kappa shape index (κ2) is 5.39. The molecule has 0 spiro atoms. The highest BCUT2D eigenvalue weighted by molar-refractivity contribution is 7.18. The number of hydrogen-bond donors (Lipinski definition) is 1. The minimum absolute atomic E-state index is 0.159. The Kier molecular flexibility index (Phi) is 4.34. The number of ether oxygens (including phenoxy) is 1. The predicted molar refractivity (Wildman–Crippen MR) is 72.0 cm³/mol. The van der Waals surface area contributed by atoms with E-state index in [1.54, 1.807) is 34.9 Å². The van der Waals surface area contributed by atoms with E-state index in [4.69, 9.17) is 10.5 Å². The zero-order chi connectivity index (χ0) is 14.0. The SMILES string of the molecule is Cc1c(C(=O)N(C)C)sc(N)c1C(=O)OC(C)C. The number of nitrogens with zero attached hydrogens (tertiary/aromatic N) is 1. The van der Waals surface area contributed by atoms with E-state index in [9.17, 15) is 9.59 Å². The first-order valence-electron chi connectivity index (χ1n) is 5.57. The van der Waals surface area contributed by atoms with Gasteiger partial charge in [-0.25, -0.2) is 4.79 Å².